The Hall–Kier alpha value is -1.39. The molecule has 2 aromatic rings. The molecule has 0 radical (unpaired) electrons. The smallest absolute Gasteiger partial charge is 0.218 e. The van der Waals surface area contributed by atoms with Crippen molar-refractivity contribution in [3.8, 4) is 0 Å². The molecule has 0 aliphatic heterocycles. The predicted molar refractivity (Wildman–Crippen MR) is 61.7 cm³/mol. The van der Waals surface area contributed by atoms with Gasteiger partial charge >= 0.3 is 0 Å². The Bertz CT molecular complexity index is 499. The standard InChI is InChI=1S/C10H6Cl2FN3/c11-6-1-7(12)3-8(2-6)16-10-4-9(13)14-5-15-10/h1-5H,(H,14,15,16). The highest BCUT2D eigenvalue weighted by molar-refractivity contribution is 6.35. The van der Waals surface area contributed by atoms with Crippen LogP contribution in [0.15, 0.2) is 30.6 Å². The minimum absolute atomic E-state index is 0.339. The van der Waals surface area contributed by atoms with Gasteiger partial charge in [0.05, 0.1) is 0 Å². The highest BCUT2D eigenvalue weighted by atomic mass is 35.5. The number of halogens is 3. The Morgan fingerprint density at radius 2 is 1.69 bits per heavy atom. The Kier molecular flexibility index (Phi) is 3.22. The van der Waals surface area contributed by atoms with E-state index in [4.69, 9.17) is 23.2 Å². The molecule has 0 atom stereocenters. The lowest BCUT2D eigenvalue weighted by molar-refractivity contribution is 0.580. The van der Waals surface area contributed by atoms with Gasteiger partial charge in [0.1, 0.15) is 12.1 Å². The second kappa shape index (κ2) is 4.63. The van der Waals surface area contributed by atoms with Crippen molar-refractivity contribution in [1.82, 2.24) is 9.97 Å². The number of aromatic nitrogens is 2. The van der Waals surface area contributed by atoms with Crippen LogP contribution in [0.4, 0.5) is 15.9 Å². The van der Waals surface area contributed by atoms with Crippen LogP contribution in [-0.2, 0) is 0 Å². The summed E-state index contributed by atoms with van der Waals surface area (Å²) in [5, 5.41) is 3.85. The van der Waals surface area contributed by atoms with Crippen LogP contribution < -0.4 is 5.32 Å². The van der Waals surface area contributed by atoms with Crippen LogP contribution in [0.3, 0.4) is 0 Å². The van der Waals surface area contributed by atoms with Crippen molar-refractivity contribution in [2.45, 2.75) is 0 Å². The largest absolute Gasteiger partial charge is 0.340 e. The normalized spacial score (nSPS) is 10.2. The molecular formula is C10H6Cl2FN3. The van der Waals surface area contributed by atoms with Gasteiger partial charge in [-0.2, -0.15) is 4.39 Å². The lowest BCUT2D eigenvalue weighted by atomic mass is 10.3. The number of nitrogens with zero attached hydrogens (tertiary/aromatic N) is 2. The first-order valence-corrected chi connectivity index (χ1v) is 5.10. The molecule has 0 fully saturated rings. The molecule has 0 spiro atoms. The molecule has 0 bridgehead atoms. The Labute approximate surface area is 101 Å². The zero-order valence-corrected chi connectivity index (χ0v) is 9.43. The maximum atomic E-state index is 12.8. The van der Waals surface area contributed by atoms with Crippen molar-refractivity contribution >= 4 is 34.7 Å². The second-order valence-corrected chi connectivity index (χ2v) is 3.88. The van der Waals surface area contributed by atoms with Gasteiger partial charge in [0, 0.05) is 21.8 Å². The Morgan fingerprint density at radius 1 is 1.00 bits per heavy atom. The number of benzene rings is 1. The van der Waals surface area contributed by atoms with Crippen molar-refractivity contribution in [1.29, 1.82) is 0 Å². The van der Waals surface area contributed by atoms with Crippen molar-refractivity contribution in [2.75, 3.05) is 5.32 Å². The molecule has 0 unspecified atom stereocenters. The average Bonchev–Trinajstić information content (AvgIpc) is 2.15. The summed E-state index contributed by atoms with van der Waals surface area (Å²) in [5.41, 5.74) is 0.635. The summed E-state index contributed by atoms with van der Waals surface area (Å²) in [4.78, 5) is 7.19. The fourth-order valence-corrected chi connectivity index (χ4v) is 1.70. The van der Waals surface area contributed by atoms with E-state index in [2.05, 4.69) is 15.3 Å². The summed E-state index contributed by atoms with van der Waals surface area (Å²) >= 11 is 11.6. The molecule has 0 saturated carbocycles. The van der Waals surface area contributed by atoms with Gasteiger partial charge in [0.25, 0.3) is 0 Å². The first-order chi connectivity index (χ1) is 7.63. The van der Waals surface area contributed by atoms with E-state index in [-0.39, 0.29) is 0 Å². The predicted octanol–water partition coefficient (Wildman–Crippen LogP) is 3.67. The molecular weight excluding hydrogens is 252 g/mol. The van der Waals surface area contributed by atoms with Gasteiger partial charge < -0.3 is 5.32 Å². The summed E-state index contributed by atoms with van der Waals surface area (Å²) in [6.07, 6.45) is 1.13. The van der Waals surface area contributed by atoms with Gasteiger partial charge in [-0.25, -0.2) is 9.97 Å². The van der Waals surface area contributed by atoms with Crippen LogP contribution in [0.2, 0.25) is 10.0 Å². The minimum Gasteiger partial charge on any atom is -0.340 e. The fourth-order valence-electron chi connectivity index (χ4n) is 1.18. The molecule has 16 heavy (non-hydrogen) atoms. The van der Waals surface area contributed by atoms with Crippen LogP contribution in [0.1, 0.15) is 0 Å². The van der Waals surface area contributed by atoms with Crippen LogP contribution in [-0.4, -0.2) is 9.97 Å². The van der Waals surface area contributed by atoms with E-state index in [1.807, 2.05) is 0 Å². The van der Waals surface area contributed by atoms with Crippen LogP contribution in [0.25, 0.3) is 0 Å². The summed E-state index contributed by atoms with van der Waals surface area (Å²) < 4.78 is 12.8. The molecule has 0 aliphatic rings. The summed E-state index contributed by atoms with van der Waals surface area (Å²) in [6, 6.07) is 6.10. The molecule has 0 aliphatic carbocycles. The highest BCUT2D eigenvalue weighted by Crippen LogP contribution is 2.24. The summed E-state index contributed by atoms with van der Waals surface area (Å²) in [5.74, 6) is -0.267. The average molecular weight is 258 g/mol. The number of hydrogen-bond acceptors (Lipinski definition) is 3. The number of rotatable bonds is 2. The Balaban J connectivity index is 2.27. The molecule has 0 amide bonds. The zero-order chi connectivity index (χ0) is 11.5. The second-order valence-electron chi connectivity index (χ2n) is 3.01. The van der Waals surface area contributed by atoms with Crippen molar-refractivity contribution in [3.63, 3.8) is 0 Å². The summed E-state index contributed by atoms with van der Waals surface area (Å²) in [7, 11) is 0. The van der Waals surface area contributed by atoms with Gasteiger partial charge in [-0.3, -0.25) is 0 Å². The van der Waals surface area contributed by atoms with Crippen LogP contribution in [0.5, 0.6) is 0 Å². The monoisotopic (exact) mass is 257 g/mol. The third-order valence-corrected chi connectivity index (χ3v) is 2.21. The topological polar surface area (TPSA) is 37.8 Å². The molecule has 1 N–H and O–H groups in total. The van der Waals surface area contributed by atoms with Crippen LogP contribution in [0, 0.1) is 5.95 Å². The molecule has 1 aromatic carbocycles. The van der Waals surface area contributed by atoms with E-state index in [0.29, 0.717) is 21.6 Å². The SMILES string of the molecule is Fc1cc(Nc2cc(Cl)cc(Cl)c2)ncn1. The number of nitrogens with one attached hydrogen (secondary N) is 1. The molecule has 1 heterocycles. The van der Waals surface area contributed by atoms with E-state index in [0.717, 1.165) is 6.33 Å². The number of hydrogen-bond donors (Lipinski definition) is 1. The fraction of sp³-hybridized carbons (Fsp3) is 0. The molecule has 2 rings (SSSR count). The summed E-state index contributed by atoms with van der Waals surface area (Å²) in [6.45, 7) is 0. The first kappa shape index (κ1) is 11.1. The maximum Gasteiger partial charge on any atom is 0.218 e. The molecule has 6 heteroatoms. The molecule has 82 valence electrons. The van der Waals surface area contributed by atoms with Crippen LogP contribution >= 0.6 is 23.2 Å². The van der Waals surface area contributed by atoms with E-state index < -0.39 is 5.95 Å². The van der Waals surface area contributed by atoms with E-state index in [1.165, 1.54) is 6.07 Å². The van der Waals surface area contributed by atoms with E-state index >= 15 is 0 Å². The lowest BCUT2D eigenvalue weighted by Crippen LogP contribution is -1.95. The van der Waals surface area contributed by atoms with Crippen molar-refractivity contribution in [3.05, 3.63) is 46.6 Å². The Morgan fingerprint density at radius 3 is 2.31 bits per heavy atom. The van der Waals surface area contributed by atoms with Gasteiger partial charge in [-0.1, -0.05) is 23.2 Å². The van der Waals surface area contributed by atoms with Gasteiger partial charge in [0.2, 0.25) is 5.95 Å². The van der Waals surface area contributed by atoms with Crippen molar-refractivity contribution in [2.24, 2.45) is 0 Å². The lowest BCUT2D eigenvalue weighted by Gasteiger charge is -2.05. The van der Waals surface area contributed by atoms with Gasteiger partial charge in [0.15, 0.2) is 0 Å². The van der Waals surface area contributed by atoms with Crippen molar-refractivity contribution < 1.29 is 4.39 Å². The maximum absolute atomic E-state index is 12.8. The zero-order valence-electron chi connectivity index (χ0n) is 7.92. The molecule has 0 saturated heterocycles. The highest BCUT2D eigenvalue weighted by Gasteiger charge is 2.01. The van der Waals surface area contributed by atoms with Gasteiger partial charge in [-0.05, 0) is 18.2 Å². The molecule has 3 nitrogen and oxygen atoms in total. The third kappa shape index (κ3) is 2.81. The molecule has 1 aromatic heterocycles. The third-order valence-electron chi connectivity index (χ3n) is 1.77. The quantitative estimate of drug-likeness (QED) is 0.835. The van der Waals surface area contributed by atoms with E-state index in [1.54, 1.807) is 18.2 Å². The number of anilines is 2. The van der Waals surface area contributed by atoms with E-state index in [9.17, 15) is 4.39 Å². The first-order valence-electron chi connectivity index (χ1n) is 4.34. The minimum atomic E-state index is -0.606. The van der Waals surface area contributed by atoms with Gasteiger partial charge in [-0.15, -0.1) is 0 Å².